The molecule has 0 bridgehead atoms. The highest BCUT2D eigenvalue weighted by Crippen LogP contribution is 2.30. The van der Waals surface area contributed by atoms with Crippen molar-refractivity contribution in [2.24, 2.45) is 0 Å². The van der Waals surface area contributed by atoms with Crippen molar-refractivity contribution < 1.29 is 13.9 Å². The number of aromatic nitrogens is 2. The van der Waals surface area contributed by atoms with E-state index >= 15 is 0 Å². The minimum Gasteiger partial charge on any atom is -0.378 e. The van der Waals surface area contributed by atoms with E-state index in [-0.39, 0.29) is 11.7 Å². The molecule has 0 spiro atoms. The van der Waals surface area contributed by atoms with Crippen LogP contribution in [0.4, 0.5) is 15.8 Å². The van der Waals surface area contributed by atoms with E-state index < -0.39 is 0 Å². The monoisotopic (exact) mass is 366 g/mol. The summed E-state index contributed by atoms with van der Waals surface area (Å²) in [5.41, 5.74) is 2.93. The second-order valence-electron chi connectivity index (χ2n) is 6.41. The van der Waals surface area contributed by atoms with Gasteiger partial charge in [0.1, 0.15) is 5.82 Å². The topological polar surface area (TPSA) is 67.4 Å². The summed E-state index contributed by atoms with van der Waals surface area (Å²) >= 11 is 0. The van der Waals surface area contributed by atoms with Crippen LogP contribution in [0.3, 0.4) is 0 Å². The predicted octanol–water partition coefficient (Wildman–Crippen LogP) is 3.29. The zero-order chi connectivity index (χ0) is 18.8. The molecule has 4 rings (SSSR count). The number of carbonyl (C=O) groups excluding carboxylic acids is 1. The van der Waals surface area contributed by atoms with Crippen molar-refractivity contribution in [3.05, 3.63) is 59.7 Å². The van der Waals surface area contributed by atoms with E-state index in [1.165, 1.54) is 18.3 Å². The lowest BCUT2D eigenvalue weighted by molar-refractivity contribution is 0.0303. The number of fused-ring (bicyclic) bond motifs is 1. The first-order valence-corrected chi connectivity index (χ1v) is 8.78. The van der Waals surface area contributed by atoms with Crippen LogP contribution in [0.25, 0.3) is 11.0 Å². The zero-order valence-electron chi connectivity index (χ0n) is 14.9. The van der Waals surface area contributed by atoms with Crippen LogP contribution in [0.5, 0.6) is 0 Å². The number of hydrogen-bond donors (Lipinski definition) is 1. The summed E-state index contributed by atoms with van der Waals surface area (Å²) in [6, 6.07) is 9.87. The molecule has 1 fully saturated rings. The van der Waals surface area contributed by atoms with Gasteiger partial charge >= 0.3 is 0 Å². The maximum Gasteiger partial charge on any atom is 0.257 e. The fourth-order valence-corrected chi connectivity index (χ4v) is 3.12. The number of halogens is 1. The van der Waals surface area contributed by atoms with E-state index in [9.17, 15) is 9.18 Å². The number of nitrogens with one attached hydrogen (secondary N) is 1. The van der Waals surface area contributed by atoms with E-state index in [0.717, 1.165) is 5.69 Å². The normalized spacial score (nSPS) is 14.4. The second-order valence-corrected chi connectivity index (χ2v) is 6.41. The van der Waals surface area contributed by atoms with Gasteiger partial charge in [-0.15, -0.1) is 0 Å². The first-order valence-electron chi connectivity index (χ1n) is 8.78. The molecule has 6 nitrogen and oxygen atoms in total. The number of pyridine rings is 2. The number of morpholine rings is 1. The maximum atomic E-state index is 13.6. The quantitative estimate of drug-likeness (QED) is 0.770. The zero-order valence-corrected chi connectivity index (χ0v) is 14.9. The molecule has 138 valence electrons. The Hall–Kier alpha value is -3.06. The van der Waals surface area contributed by atoms with Gasteiger partial charge in [0.25, 0.3) is 5.91 Å². The number of amides is 1. The molecular formula is C20H19FN4O2. The summed E-state index contributed by atoms with van der Waals surface area (Å²) in [6.07, 6.45) is 1.54. The lowest BCUT2D eigenvalue weighted by Gasteiger charge is -2.27. The van der Waals surface area contributed by atoms with E-state index in [1.807, 2.05) is 19.1 Å². The number of nitrogens with zero attached hydrogens (tertiary/aromatic N) is 3. The number of carbonyl (C=O) groups is 1. The van der Waals surface area contributed by atoms with Crippen molar-refractivity contribution >= 4 is 28.3 Å². The third-order valence-electron chi connectivity index (χ3n) is 4.49. The number of anilines is 2. The van der Waals surface area contributed by atoms with Crippen molar-refractivity contribution in [2.45, 2.75) is 6.92 Å². The van der Waals surface area contributed by atoms with Gasteiger partial charge < -0.3 is 15.0 Å². The van der Waals surface area contributed by atoms with Gasteiger partial charge in [-0.25, -0.2) is 14.4 Å². The highest BCUT2D eigenvalue weighted by atomic mass is 19.1. The Kier molecular flexibility index (Phi) is 4.68. The molecule has 1 aliphatic rings. The maximum absolute atomic E-state index is 13.6. The van der Waals surface area contributed by atoms with Gasteiger partial charge in [-0.05, 0) is 37.3 Å². The van der Waals surface area contributed by atoms with Crippen molar-refractivity contribution in [1.82, 2.24) is 14.9 Å². The van der Waals surface area contributed by atoms with Crippen molar-refractivity contribution in [3.8, 4) is 0 Å². The minimum absolute atomic E-state index is 0.132. The van der Waals surface area contributed by atoms with Gasteiger partial charge in [0.2, 0.25) is 0 Å². The summed E-state index contributed by atoms with van der Waals surface area (Å²) in [7, 11) is 0. The van der Waals surface area contributed by atoms with Crippen LogP contribution in [0.1, 0.15) is 16.1 Å². The van der Waals surface area contributed by atoms with E-state index in [1.54, 1.807) is 17.0 Å². The Bertz CT molecular complexity index is 1000. The number of rotatable bonds is 3. The van der Waals surface area contributed by atoms with Gasteiger partial charge in [-0.1, -0.05) is 6.07 Å². The van der Waals surface area contributed by atoms with Crippen LogP contribution in [-0.2, 0) is 4.74 Å². The molecular weight excluding hydrogens is 347 g/mol. The lowest BCUT2D eigenvalue weighted by atomic mass is 10.1. The number of aryl methyl sites for hydroxylation is 1. The standard InChI is InChI=1S/C20H19FN4O2/c1-13-5-6-16-18(24-15-4-2-3-14(21)11-15)17(12-22-19(16)23-13)20(26)25-7-9-27-10-8-25/h2-6,11-12H,7-10H2,1H3,(H,22,23,24). The average Bonchev–Trinajstić information content (AvgIpc) is 2.68. The Morgan fingerprint density at radius 2 is 2.04 bits per heavy atom. The highest BCUT2D eigenvalue weighted by Gasteiger charge is 2.23. The first-order chi connectivity index (χ1) is 13.1. The first kappa shape index (κ1) is 17.4. The molecule has 0 radical (unpaired) electrons. The molecule has 0 unspecified atom stereocenters. The average molecular weight is 366 g/mol. The van der Waals surface area contributed by atoms with Crippen molar-refractivity contribution in [3.63, 3.8) is 0 Å². The largest absolute Gasteiger partial charge is 0.378 e. The molecule has 0 saturated carbocycles. The van der Waals surface area contributed by atoms with Crippen LogP contribution >= 0.6 is 0 Å². The van der Waals surface area contributed by atoms with E-state index in [0.29, 0.717) is 54.3 Å². The molecule has 7 heteroatoms. The van der Waals surface area contributed by atoms with Crippen LogP contribution in [0, 0.1) is 12.7 Å². The van der Waals surface area contributed by atoms with Crippen LogP contribution in [0.15, 0.2) is 42.6 Å². The number of ether oxygens (including phenoxy) is 1. The summed E-state index contributed by atoms with van der Waals surface area (Å²) in [6.45, 7) is 3.97. The van der Waals surface area contributed by atoms with Crippen LogP contribution in [0.2, 0.25) is 0 Å². The SMILES string of the molecule is Cc1ccc2c(Nc3cccc(F)c3)c(C(=O)N3CCOCC3)cnc2n1. The van der Waals surface area contributed by atoms with E-state index in [4.69, 9.17) is 4.74 Å². The van der Waals surface area contributed by atoms with Gasteiger partial charge in [-0.3, -0.25) is 4.79 Å². The molecule has 3 heterocycles. The second kappa shape index (κ2) is 7.28. The Balaban J connectivity index is 1.82. The summed E-state index contributed by atoms with van der Waals surface area (Å²) in [4.78, 5) is 23.6. The van der Waals surface area contributed by atoms with Gasteiger partial charge in [0.05, 0.1) is 24.5 Å². The van der Waals surface area contributed by atoms with Crippen molar-refractivity contribution in [1.29, 1.82) is 0 Å². The Morgan fingerprint density at radius 1 is 1.22 bits per heavy atom. The summed E-state index contributed by atoms with van der Waals surface area (Å²) in [5, 5.41) is 3.91. The minimum atomic E-state index is -0.353. The molecule has 1 N–H and O–H groups in total. The molecule has 1 amide bonds. The third-order valence-corrected chi connectivity index (χ3v) is 4.49. The van der Waals surface area contributed by atoms with Crippen LogP contribution in [-0.4, -0.2) is 47.1 Å². The van der Waals surface area contributed by atoms with E-state index in [2.05, 4.69) is 15.3 Å². The Labute approximate surface area is 156 Å². The van der Waals surface area contributed by atoms with Crippen molar-refractivity contribution in [2.75, 3.05) is 31.6 Å². The fourth-order valence-electron chi connectivity index (χ4n) is 3.12. The predicted molar refractivity (Wildman–Crippen MR) is 101 cm³/mol. The lowest BCUT2D eigenvalue weighted by Crippen LogP contribution is -2.41. The molecule has 0 aliphatic carbocycles. The van der Waals surface area contributed by atoms with Gasteiger partial charge in [0.15, 0.2) is 5.65 Å². The molecule has 0 atom stereocenters. The highest BCUT2D eigenvalue weighted by molar-refractivity contribution is 6.07. The molecule has 1 aromatic carbocycles. The third kappa shape index (κ3) is 3.59. The molecule has 1 saturated heterocycles. The summed E-state index contributed by atoms with van der Waals surface area (Å²) < 4.78 is 19.0. The number of benzene rings is 1. The molecule has 3 aromatic rings. The Morgan fingerprint density at radius 3 is 2.81 bits per heavy atom. The summed E-state index contributed by atoms with van der Waals surface area (Å²) in [5.74, 6) is -0.486. The molecule has 2 aromatic heterocycles. The van der Waals surface area contributed by atoms with Gasteiger partial charge in [0, 0.05) is 36.1 Å². The number of hydrogen-bond acceptors (Lipinski definition) is 5. The van der Waals surface area contributed by atoms with Gasteiger partial charge in [-0.2, -0.15) is 0 Å². The molecule has 1 aliphatic heterocycles. The van der Waals surface area contributed by atoms with Crippen LogP contribution < -0.4 is 5.32 Å². The molecule has 27 heavy (non-hydrogen) atoms. The fraction of sp³-hybridized carbons (Fsp3) is 0.250. The smallest absolute Gasteiger partial charge is 0.257 e.